The minimum absolute atomic E-state index is 0.0379. The van der Waals surface area contributed by atoms with E-state index in [9.17, 15) is 9.59 Å². The van der Waals surface area contributed by atoms with Gasteiger partial charge in [-0.2, -0.15) is 0 Å². The van der Waals surface area contributed by atoms with E-state index in [4.69, 9.17) is 11.6 Å². The second kappa shape index (κ2) is 7.39. The van der Waals surface area contributed by atoms with Gasteiger partial charge in [-0.15, -0.1) is 6.58 Å². The molecule has 1 aliphatic carbocycles. The molecule has 0 aromatic heterocycles. The molecule has 5 nitrogen and oxygen atoms in total. The maximum absolute atomic E-state index is 13.4. The molecule has 142 valence electrons. The lowest BCUT2D eigenvalue weighted by atomic mass is 9.93. The molecule has 2 aliphatic heterocycles. The van der Waals surface area contributed by atoms with Crippen molar-refractivity contribution in [1.29, 1.82) is 0 Å². The lowest BCUT2D eigenvalue weighted by Crippen LogP contribution is -2.47. The van der Waals surface area contributed by atoms with E-state index in [0.717, 1.165) is 36.9 Å². The Morgan fingerprint density at radius 1 is 1.22 bits per heavy atom. The number of nitrogens with one attached hydrogen (secondary N) is 1. The summed E-state index contributed by atoms with van der Waals surface area (Å²) in [5.74, 6) is 0.0379. The van der Waals surface area contributed by atoms with Crippen LogP contribution in [0.2, 0.25) is 5.02 Å². The second-order valence-corrected chi connectivity index (χ2v) is 7.86. The highest BCUT2D eigenvalue weighted by atomic mass is 35.5. The molecule has 0 saturated heterocycles. The quantitative estimate of drug-likeness (QED) is 0.796. The van der Waals surface area contributed by atoms with Crippen LogP contribution in [0.5, 0.6) is 0 Å². The number of nitrogens with zero attached hydrogens (tertiary/aromatic N) is 2. The van der Waals surface area contributed by atoms with Gasteiger partial charge in [0.05, 0.1) is 23.9 Å². The maximum Gasteiger partial charge on any atom is 0.322 e. The molecule has 0 radical (unpaired) electrons. The van der Waals surface area contributed by atoms with Crippen LogP contribution in [-0.2, 0) is 4.79 Å². The number of amides is 3. The van der Waals surface area contributed by atoms with Crippen LogP contribution in [0.4, 0.5) is 4.79 Å². The van der Waals surface area contributed by atoms with Crippen molar-refractivity contribution < 1.29 is 9.59 Å². The van der Waals surface area contributed by atoms with Gasteiger partial charge in [-0.25, -0.2) is 4.79 Å². The van der Waals surface area contributed by atoms with Crippen molar-refractivity contribution in [3.05, 3.63) is 58.8 Å². The minimum Gasteiger partial charge on any atom is -0.330 e. The van der Waals surface area contributed by atoms with E-state index in [-0.39, 0.29) is 18.0 Å². The van der Waals surface area contributed by atoms with E-state index >= 15 is 0 Å². The predicted molar refractivity (Wildman–Crippen MR) is 105 cm³/mol. The normalized spacial score (nSPS) is 23.5. The zero-order valence-corrected chi connectivity index (χ0v) is 16.0. The highest BCUT2D eigenvalue weighted by Crippen LogP contribution is 2.39. The highest BCUT2D eigenvalue weighted by Gasteiger charge is 2.45. The van der Waals surface area contributed by atoms with Crippen LogP contribution in [0.1, 0.15) is 43.7 Å². The molecule has 1 fully saturated rings. The van der Waals surface area contributed by atoms with Gasteiger partial charge < -0.3 is 10.2 Å². The first-order valence-corrected chi connectivity index (χ1v) is 9.96. The summed E-state index contributed by atoms with van der Waals surface area (Å²) in [4.78, 5) is 29.8. The first-order chi connectivity index (χ1) is 13.1. The molecular formula is C21H24ClN3O2. The van der Waals surface area contributed by atoms with Crippen molar-refractivity contribution in [2.45, 2.75) is 44.2 Å². The van der Waals surface area contributed by atoms with E-state index in [1.54, 1.807) is 17.0 Å². The lowest BCUT2D eigenvalue weighted by molar-refractivity contribution is -0.128. The zero-order valence-electron chi connectivity index (χ0n) is 15.3. The van der Waals surface area contributed by atoms with Gasteiger partial charge in [0, 0.05) is 17.6 Å². The first-order valence-electron chi connectivity index (χ1n) is 9.58. The van der Waals surface area contributed by atoms with Crippen LogP contribution < -0.4 is 5.32 Å². The van der Waals surface area contributed by atoms with E-state index in [1.165, 1.54) is 6.42 Å². The number of benzene rings is 1. The van der Waals surface area contributed by atoms with Crippen molar-refractivity contribution in [3.63, 3.8) is 0 Å². The van der Waals surface area contributed by atoms with Gasteiger partial charge in [0.1, 0.15) is 0 Å². The van der Waals surface area contributed by atoms with Crippen LogP contribution in [0.15, 0.2) is 48.2 Å². The summed E-state index contributed by atoms with van der Waals surface area (Å²) >= 11 is 6.16. The topological polar surface area (TPSA) is 52.7 Å². The Labute approximate surface area is 164 Å². The fraction of sp³-hybridized carbons (Fsp3) is 0.429. The average molecular weight is 386 g/mol. The van der Waals surface area contributed by atoms with Crippen LogP contribution in [0.3, 0.4) is 0 Å². The van der Waals surface area contributed by atoms with Crippen molar-refractivity contribution in [1.82, 2.24) is 15.1 Å². The lowest BCUT2D eigenvalue weighted by Gasteiger charge is -2.33. The van der Waals surface area contributed by atoms with Gasteiger partial charge in [-0.3, -0.25) is 9.69 Å². The van der Waals surface area contributed by atoms with E-state index in [2.05, 4.69) is 11.9 Å². The van der Waals surface area contributed by atoms with Gasteiger partial charge >= 0.3 is 6.03 Å². The third-order valence-corrected chi connectivity index (χ3v) is 5.99. The van der Waals surface area contributed by atoms with Crippen molar-refractivity contribution in [2.75, 3.05) is 13.1 Å². The second-order valence-electron chi connectivity index (χ2n) is 7.42. The Bertz CT molecular complexity index is 813. The number of hydrogen-bond acceptors (Lipinski definition) is 2. The maximum atomic E-state index is 13.4. The molecule has 4 rings (SSSR count). The average Bonchev–Trinajstić information content (AvgIpc) is 3.02. The third-order valence-electron chi connectivity index (χ3n) is 5.76. The van der Waals surface area contributed by atoms with Crippen LogP contribution >= 0.6 is 11.6 Å². The number of carbonyl (C=O) groups is 2. The zero-order chi connectivity index (χ0) is 19.0. The van der Waals surface area contributed by atoms with Crippen molar-refractivity contribution in [2.24, 2.45) is 0 Å². The Kier molecular flexibility index (Phi) is 4.96. The molecule has 1 N–H and O–H groups in total. The molecule has 3 aliphatic rings. The molecule has 3 amide bonds. The summed E-state index contributed by atoms with van der Waals surface area (Å²) < 4.78 is 0. The molecular weight excluding hydrogens is 362 g/mol. The van der Waals surface area contributed by atoms with E-state index < -0.39 is 6.04 Å². The molecule has 1 saturated carbocycles. The standard InChI is InChI=1S/C21H24ClN3O2/c1-2-11-24-17-13-25(16-9-4-3-5-10-16)20(26)18(17)19(23-21(24)27)14-7-6-8-15(22)12-14/h2,6-8,12,16,19H,1,3-5,9-11,13H2,(H,23,27)/t19-/m0/s1. The molecule has 1 aromatic rings. The van der Waals surface area contributed by atoms with Gasteiger partial charge in [-0.1, -0.05) is 49.1 Å². The molecule has 6 heteroatoms. The SMILES string of the molecule is C=CCN1C(=O)N[C@@H](c2cccc(Cl)c2)C2=C1CN(C1CCCCC1)C2=O. The van der Waals surface area contributed by atoms with Crippen LogP contribution in [0, 0.1) is 0 Å². The Morgan fingerprint density at radius 2 is 2.00 bits per heavy atom. The highest BCUT2D eigenvalue weighted by molar-refractivity contribution is 6.30. The number of halogens is 1. The van der Waals surface area contributed by atoms with Gasteiger partial charge in [0.2, 0.25) is 0 Å². The molecule has 0 unspecified atom stereocenters. The summed E-state index contributed by atoms with van der Waals surface area (Å²) in [5.41, 5.74) is 2.31. The van der Waals surface area contributed by atoms with Gasteiger partial charge in [0.25, 0.3) is 5.91 Å². The van der Waals surface area contributed by atoms with Crippen LogP contribution in [-0.4, -0.2) is 40.9 Å². The number of carbonyl (C=O) groups excluding carboxylic acids is 2. The smallest absolute Gasteiger partial charge is 0.322 e. The summed E-state index contributed by atoms with van der Waals surface area (Å²) in [5, 5.41) is 3.59. The number of urea groups is 1. The molecule has 1 aromatic carbocycles. The summed E-state index contributed by atoms with van der Waals surface area (Å²) in [7, 11) is 0. The molecule has 1 atom stereocenters. The number of rotatable bonds is 4. The van der Waals surface area contributed by atoms with Gasteiger partial charge in [0.15, 0.2) is 0 Å². The molecule has 0 spiro atoms. The molecule has 27 heavy (non-hydrogen) atoms. The Morgan fingerprint density at radius 3 is 2.70 bits per heavy atom. The fourth-order valence-corrected chi connectivity index (χ4v) is 4.66. The van der Waals surface area contributed by atoms with Crippen LogP contribution in [0.25, 0.3) is 0 Å². The largest absolute Gasteiger partial charge is 0.330 e. The minimum atomic E-state index is -0.464. The molecule has 0 bridgehead atoms. The summed E-state index contributed by atoms with van der Waals surface area (Å²) in [6.07, 6.45) is 7.32. The number of hydrogen-bond donors (Lipinski definition) is 1. The predicted octanol–water partition coefficient (Wildman–Crippen LogP) is 4.02. The fourth-order valence-electron chi connectivity index (χ4n) is 4.46. The summed E-state index contributed by atoms with van der Waals surface area (Å²) in [6.45, 7) is 4.64. The van der Waals surface area contributed by atoms with E-state index in [0.29, 0.717) is 23.7 Å². The van der Waals surface area contributed by atoms with E-state index in [1.807, 2.05) is 23.1 Å². The third kappa shape index (κ3) is 3.25. The monoisotopic (exact) mass is 385 g/mol. The van der Waals surface area contributed by atoms with Gasteiger partial charge in [-0.05, 0) is 30.5 Å². The Balaban J connectivity index is 1.73. The van der Waals surface area contributed by atoms with Crippen molar-refractivity contribution >= 4 is 23.5 Å². The van der Waals surface area contributed by atoms with Crippen molar-refractivity contribution in [3.8, 4) is 0 Å². The Hall–Kier alpha value is -2.27. The summed E-state index contributed by atoms with van der Waals surface area (Å²) in [6, 6.07) is 6.96. The molecule has 2 heterocycles. The first kappa shape index (κ1) is 18.1.